The molecule has 0 spiro atoms. The van der Waals surface area contributed by atoms with Crippen LogP contribution in [-0.4, -0.2) is 11.1 Å². The van der Waals surface area contributed by atoms with Crippen LogP contribution in [0.15, 0.2) is 53.3 Å². The number of anilines is 1. The second-order valence-electron chi connectivity index (χ2n) is 4.46. The number of aromatic nitrogens is 1. The average molecular weight is 267 g/mol. The lowest BCUT2D eigenvalue weighted by molar-refractivity contribution is 0.0951. The molecule has 3 rings (SSSR count). The number of fused-ring (bicyclic) bond motifs is 1. The van der Waals surface area contributed by atoms with Crippen molar-refractivity contribution < 1.29 is 9.32 Å². The van der Waals surface area contributed by atoms with Crippen LogP contribution < -0.4 is 11.1 Å². The second-order valence-corrected chi connectivity index (χ2v) is 4.46. The molecular formula is C15H13N3O2. The minimum absolute atomic E-state index is 0.226. The zero-order valence-electron chi connectivity index (χ0n) is 10.7. The summed E-state index contributed by atoms with van der Waals surface area (Å²) in [5.74, 6) is -0.226. The van der Waals surface area contributed by atoms with Crippen LogP contribution in [0.4, 0.5) is 5.69 Å². The van der Waals surface area contributed by atoms with Gasteiger partial charge in [-0.05, 0) is 22.9 Å². The van der Waals surface area contributed by atoms with E-state index in [1.165, 1.54) is 6.26 Å². The molecule has 100 valence electrons. The van der Waals surface area contributed by atoms with Gasteiger partial charge in [0.05, 0.1) is 12.1 Å². The second kappa shape index (κ2) is 5.05. The van der Waals surface area contributed by atoms with E-state index in [1.54, 1.807) is 18.2 Å². The summed E-state index contributed by atoms with van der Waals surface area (Å²) in [6.07, 6.45) is 1.46. The van der Waals surface area contributed by atoms with Crippen LogP contribution in [0.25, 0.3) is 10.8 Å². The Labute approximate surface area is 115 Å². The minimum atomic E-state index is -0.226. The molecule has 0 aliphatic heterocycles. The fourth-order valence-corrected chi connectivity index (χ4v) is 2.05. The molecule has 2 aromatic carbocycles. The van der Waals surface area contributed by atoms with Crippen molar-refractivity contribution in [2.24, 2.45) is 0 Å². The molecule has 5 heteroatoms. The largest absolute Gasteiger partial charge is 0.398 e. The van der Waals surface area contributed by atoms with Crippen LogP contribution in [0.1, 0.15) is 16.1 Å². The molecule has 0 fully saturated rings. The summed E-state index contributed by atoms with van der Waals surface area (Å²) in [6.45, 7) is 0.307. The Kier molecular flexibility index (Phi) is 3.09. The molecule has 0 bridgehead atoms. The van der Waals surface area contributed by atoms with Crippen LogP contribution in [0.5, 0.6) is 0 Å². The molecule has 1 amide bonds. The van der Waals surface area contributed by atoms with E-state index in [-0.39, 0.29) is 5.91 Å². The van der Waals surface area contributed by atoms with E-state index in [4.69, 9.17) is 10.3 Å². The zero-order chi connectivity index (χ0) is 13.9. The number of nitrogen functional groups attached to an aromatic ring is 1. The number of benzene rings is 2. The molecule has 0 aliphatic carbocycles. The topological polar surface area (TPSA) is 81.2 Å². The SMILES string of the molecule is Nc1cc2ccccc2cc1C(=O)NCc1ccon1. The van der Waals surface area contributed by atoms with Gasteiger partial charge in [-0.2, -0.15) is 0 Å². The molecule has 0 radical (unpaired) electrons. The Hall–Kier alpha value is -2.82. The van der Waals surface area contributed by atoms with Crippen LogP contribution in [0.3, 0.4) is 0 Å². The molecule has 0 aliphatic rings. The highest BCUT2D eigenvalue weighted by molar-refractivity contribution is 6.03. The number of carbonyl (C=O) groups is 1. The molecular weight excluding hydrogens is 254 g/mol. The van der Waals surface area contributed by atoms with Crippen molar-refractivity contribution in [3.05, 3.63) is 60.0 Å². The quantitative estimate of drug-likeness (QED) is 0.714. The van der Waals surface area contributed by atoms with E-state index in [2.05, 4.69) is 10.5 Å². The Balaban J connectivity index is 1.85. The Bertz CT molecular complexity index is 751. The summed E-state index contributed by atoms with van der Waals surface area (Å²) < 4.78 is 4.71. The monoisotopic (exact) mass is 267 g/mol. The predicted octanol–water partition coefficient (Wildman–Crippen LogP) is 2.34. The third kappa shape index (κ3) is 2.33. The van der Waals surface area contributed by atoms with Crippen molar-refractivity contribution in [1.82, 2.24) is 10.5 Å². The molecule has 20 heavy (non-hydrogen) atoms. The van der Waals surface area contributed by atoms with Crippen LogP contribution in [-0.2, 0) is 6.54 Å². The van der Waals surface area contributed by atoms with Crippen LogP contribution in [0.2, 0.25) is 0 Å². The lowest BCUT2D eigenvalue weighted by Crippen LogP contribution is -2.23. The number of amides is 1. The average Bonchev–Trinajstić information content (AvgIpc) is 2.97. The van der Waals surface area contributed by atoms with Gasteiger partial charge in [-0.15, -0.1) is 0 Å². The first-order valence-corrected chi connectivity index (χ1v) is 6.20. The number of hydrogen-bond donors (Lipinski definition) is 2. The summed E-state index contributed by atoms with van der Waals surface area (Å²) in [5.41, 5.74) is 7.53. The van der Waals surface area contributed by atoms with E-state index in [9.17, 15) is 4.79 Å². The van der Waals surface area contributed by atoms with Gasteiger partial charge in [-0.3, -0.25) is 4.79 Å². The summed E-state index contributed by atoms with van der Waals surface area (Å²) in [7, 11) is 0. The molecule has 0 unspecified atom stereocenters. The first-order valence-electron chi connectivity index (χ1n) is 6.20. The molecule has 1 aromatic heterocycles. The van der Waals surface area contributed by atoms with Crippen LogP contribution >= 0.6 is 0 Å². The molecule has 1 heterocycles. The highest BCUT2D eigenvalue weighted by atomic mass is 16.5. The van der Waals surface area contributed by atoms with Crippen LogP contribution in [0, 0.1) is 0 Å². The van der Waals surface area contributed by atoms with Crippen molar-refractivity contribution in [2.45, 2.75) is 6.54 Å². The maximum absolute atomic E-state index is 12.2. The lowest BCUT2D eigenvalue weighted by Gasteiger charge is -2.08. The molecule has 0 saturated heterocycles. The van der Waals surface area contributed by atoms with Gasteiger partial charge >= 0.3 is 0 Å². The zero-order valence-corrected chi connectivity index (χ0v) is 10.7. The first-order chi connectivity index (χ1) is 9.74. The normalized spacial score (nSPS) is 10.6. The molecule has 0 saturated carbocycles. The van der Waals surface area contributed by atoms with Gasteiger partial charge in [-0.1, -0.05) is 29.4 Å². The van der Waals surface area contributed by atoms with Crippen molar-refractivity contribution in [1.29, 1.82) is 0 Å². The van der Waals surface area contributed by atoms with Crippen molar-refractivity contribution in [3.63, 3.8) is 0 Å². The number of nitrogens with one attached hydrogen (secondary N) is 1. The molecule has 3 aromatic rings. The summed E-state index contributed by atoms with van der Waals surface area (Å²) in [5, 5.41) is 8.49. The Morgan fingerprint density at radius 3 is 2.65 bits per heavy atom. The van der Waals surface area contributed by atoms with E-state index in [1.807, 2.05) is 24.3 Å². The van der Waals surface area contributed by atoms with Gasteiger partial charge in [0, 0.05) is 11.8 Å². The summed E-state index contributed by atoms with van der Waals surface area (Å²) >= 11 is 0. The van der Waals surface area contributed by atoms with Gasteiger partial charge in [0.1, 0.15) is 12.0 Å². The predicted molar refractivity (Wildman–Crippen MR) is 76.0 cm³/mol. The highest BCUT2D eigenvalue weighted by Gasteiger charge is 2.11. The maximum Gasteiger partial charge on any atom is 0.253 e. The highest BCUT2D eigenvalue weighted by Crippen LogP contribution is 2.21. The van der Waals surface area contributed by atoms with Gasteiger partial charge in [0.2, 0.25) is 0 Å². The summed E-state index contributed by atoms with van der Waals surface area (Å²) in [6, 6.07) is 13.1. The molecule has 5 nitrogen and oxygen atoms in total. The Morgan fingerprint density at radius 2 is 1.95 bits per heavy atom. The molecule has 0 atom stereocenters. The molecule has 3 N–H and O–H groups in total. The number of hydrogen-bond acceptors (Lipinski definition) is 4. The van der Waals surface area contributed by atoms with Crippen molar-refractivity contribution >= 4 is 22.4 Å². The number of carbonyl (C=O) groups excluding carboxylic acids is 1. The fraction of sp³-hybridized carbons (Fsp3) is 0.0667. The summed E-state index contributed by atoms with van der Waals surface area (Å²) in [4.78, 5) is 12.2. The third-order valence-electron chi connectivity index (χ3n) is 3.08. The van der Waals surface area contributed by atoms with Gasteiger partial charge in [-0.25, -0.2) is 0 Å². The van der Waals surface area contributed by atoms with Gasteiger partial charge < -0.3 is 15.6 Å². The van der Waals surface area contributed by atoms with Crippen molar-refractivity contribution in [3.8, 4) is 0 Å². The van der Waals surface area contributed by atoms with E-state index in [0.717, 1.165) is 10.8 Å². The standard InChI is InChI=1S/C15H13N3O2/c16-14-8-11-4-2-1-3-10(11)7-13(14)15(19)17-9-12-5-6-20-18-12/h1-8H,9,16H2,(H,17,19). The van der Waals surface area contributed by atoms with Crippen molar-refractivity contribution in [2.75, 3.05) is 5.73 Å². The Morgan fingerprint density at radius 1 is 1.20 bits per heavy atom. The minimum Gasteiger partial charge on any atom is -0.398 e. The maximum atomic E-state index is 12.2. The van der Waals surface area contributed by atoms with E-state index >= 15 is 0 Å². The first kappa shape index (κ1) is 12.2. The van der Waals surface area contributed by atoms with Gasteiger partial charge in [0.15, 0.2) is 0 Å². The lowest BCUT2D eigenvalue weighted by atomic mass is 10.0. The fourth-order valence-electron chi connectivity index (χ4n) is 2.05. The smallest absolute Gasteiger partial charge is 0.253 e. The van der Waals surface area contributed by atoms with E-state index < -0.39 is 0 Å². The number of nitrogens with two attached hydrogens (primary N) is 1. The third-order valence-corrected chi connectivity index (χ3v) is 3.08. The number of rotatable bonds is 3. The van der Waals surface area contributed by atoms with Gasteiger partial charge in [0.25, 0.3) is 5.91 Å². The van der Waals surface area contributed by atoms with E-state index in [0.29, 0.717) is 23.5 Å². The number of nitrogens with zero attached hydrogens (tertiary/aromatic N) is 1.